The summed E-state index contributed by atoms with van der Waals surface area (Å²) < 4.78 is 10.5. The van der Waals surface area contributed by atoms with Crippen molar-refractivity contribution in [1.82, 2.24) is 4.90 Å². The zero-order valence-corrected chi connectivity index (χ0v) is 12.4. The van der Waals surface area contributed by atoms with Crippen molar-refractivity contribution in [2.75, 3.05) is 25.2 Å². The molecule has 0 radical (unpaired) electrons. The molecule has 8 heteroatoms. The highest BCUT2D eigenvalue weighted by molar-refractivity contribution is 8.15. The summed E-state index contributed by atoms with van der Waals surface area (Å²) in [6.07, 6.45) is 0.132. The number of aliphatic imine (C=N–C) groups is 1. The van der Waals surface area contributed by atoms with E-state index in [0.29, 0.717) is 30.3 Å². The van der Waals surface area contributed by atoms with Gasteiger partial charge in [-0.1, -0.05) is 11.8 Å². The van der Waals surface area contributed by atoms with Crippen molar-refractivity contribution >= 4 is 34.4 Å². The number of amides is 2. The van der Waals surface area contributed by atoms with Crippen LogP contribution in [-0.4, -0.2) is 47.0 Å². The predicted molar refractivity (Wildman–Crippen MR) is 81.2 cm³/mol. The topological polar surface area (TPSA) is 80.2 Å². The number of carbonyl (C=O) groups is 2. The van der Waals surface area contributed by atoms with Crippen molar-refractivity contribution in [3.05, 3.63) is 18.2 Å². The Bertz CT molecular complexity index is 691. The molecule has 1 saturated heterocycles. The molecule has 3 aliphatic rings. The molecule has 1 unspecified atom stereocenters. The maximum absolute atomic E-state index is 12.1. The average molecular weight is 319 g/mol. The third kappa shape index (κ3) is 2.29. The second-order valence-corrected chi connectivity index (χ2v) is 6.25. The molecule has 22 heavy (non-hydrogen) atoms. The molecule has 1 atom stereocenters. The number of thioether (sulfide) groups is 1. The van der Waals surface area contributed by atoms with E-state index in [1.807, 2.05) is 0 Å². The number of rotatable bonds is 3. The summed E-state index contributed by atoms with van der Waals surface area (Å²) in [7, 11) is 0. The number of nitrogens with zero attached hydrogens (tertiary/aromatic N) is 2. The molecule has 3 aliphatic heterocycles. The summed E-state index contributed by atoms with van der Waals surface area (Å²) in [5, 5.41) is 3.15. The van der Waals surface area contributed by atoms with Crippen LogP contribution in [0.4, 0.5) is 5.69 Å². The van der Waals surface area contributed by atoms with E-state index in [0.717, 1.165) is 5.17 Å². The molecule has 0 bridgehead atoms. The third-order valence-corrected chi connectivity index (χ3v) is 4.83. The Morgan fingerprint density at radius 1 is 1.41 bits per heavy atom. The lowest BCUT2D eigenvalue weighted by atomic mass is 10.2. The normalized spacial score (nSPS) is 21.8. The first-order valence-corrected chi connectivity index (χ1v) is 7.81. The van der Waals surface area contributed by atoms with E-state index < -0.39 is 0 Å². The smallest absolute Gasteiger partial charge is 0.242 e. The molecule has 1 aromatic rings. The van der Waals surface area contributed by atoms with Crippen LogP contribution in [0.5, 0.6) is 11.5 Å². The number of carbonyl (C=O) groups excluding carboxylic acids is 2. The van der Waals surface area contributed by atoms with Crippen molar-refractivity contribution in [3.63, 3.8) is 0 Å². The van der Waals surface area contributed by atoms with Crippen LogP contribution < -0.4 is 14.8 Å². The van der Waals surface area contributed by atoms with Crippen molar-refractivity contribution < 1.29 is 19.1 Å². The summed E-state index contributed by atoms with van der Waals surface area (Å²) in [6.45, 7) is 1.48. The number of nitrogens with one attached hydrogen (secondary N) is 1. The zero-order chi connectivity index (χ0) is 15.1. The predicted octanol–water partition coefficient (Wildman–Crippen LogP) is 1.06. The van der Waals surface area contributed by atoms with Crippen LogP contribution in [-0.2, 0) is 9.59 Å². The van der Waals surface area contributed by atoms with E-state index in [4.69, 9.17) is 9.47 Å². The summed E-state index contributed by atoms with van der Waals surface area (Å²) >= 11 is 1.37. The number of amidine groups is 1. The summed E-state index contributed by atoms with van der Waals surface area (Å²) in [4.78, 5) is 30.2. The Hall–Kier alpha value is -2.22. The fraction of sp³-hybridized carbons (Fsp3) is 0.357. The van der Waals surface area contributed by atoms with Crippen molar-refractivity contribution in [1.29, 1.82) is 0 Å². The standard InChI is InChI=1S/C14H13N3O4S/c18-12(6-11-13(19)17-4-3-15-14(17)22-11)16-8-1-2-9-10(5-8)21-7-20-9/h1-2,5,11H,3-4,6-7H2,(H,16,18). The van der Waals surface area contributed by atoms with E-state index in [-0.39, 0.29) is 30.3 Å². The fourth-order valence-corrected chi connectivity index (χ4v) is 3.76. The summed E-state index contributed by atoms with van der Waals surface area (Å²) in [5.41, 5.74) is 0.627. The SMILES string of the molecule is O=C(CC1SC2=NCCN2C1=O)Nc1ccc2c(c1)OCO2. The van der Waals surface area contributed by atoms with Crippen LogP contribution in [0.15, 0.2) is 23.2 Å². The molecule has 114 valence electrons. The molecule has 2 amide bonds. The van der Waals surface area contributed by atoms with Gasteiger partial charge in [0.2, 0.25) is 18.6 Å². The molecule has 0 aromatic heterocycles. The molecule has 4 rings (SSSR count). The van der Waals surface area contributed by atoms with Gasteiger partial charge >= 0.3 is 0 Å². The second kappa shape index (κ2) is 5.20. The van der Waals surface area contributed by atoms with E-state index in [9.17, 15) is 9.59 Å². The maximum atomic E-state index is 12.1. The van der Waals surface area contributed by atoms with Crippen LogP contribution in [0.2, 0.25) is 0 Å². The number of fused-ring (bicyclic) bond motifs is 2. The minimum Gasteiger partial charge on any atom is -0.454 e. The van der Waals surface area contributed by atoms with Gasteiger partial charge in [-0.15, -0.1) is 0 Å². The van der Waals surface area contributed by atoms with E-state index in [2.05, 4.69) is 10.3 Å². The number of hydrogen-bond donors (Lipinski definition) is 1. The van der Waals surface area contributed by atoms with Crippen LogP contribution in [0, 0.1) is 0 Å². The molecule has 7 nitrogen and oxygen atoms in total. The molecule has 1 fully saturated rings. The number of benzene rings is 1. The van der Waals surface area contributed by atoms with Crippen LogP contribution in [0.25, 0.3) is 0 Å². The zero-order valence-electron chi connectivity index (χ0n) is 11.6. The molecule has 3 heterocycles. The number of hydrogen-bond acceptors (Lipinski definition) is 6. The largest absolute Gasteiger partial charge is 0.454 e. The van der Waals surface area contributed by atoms with Crippen LogP contribution in [0.1, 0.15) is 6.42 Å². The van der Waals surface area contributed by atoms with E-state index >= 15 is 0 Å². The van der Waals surface area contributed by atoms with Crippen molar-refractivity contribution in [3.8, 4) is 11.5 Å². The van der Waals surface area contributed by atoms with E-state index in [1.54, 1.807) is 23.1 Å². The minimum atomic E-state index is -0.381. The van der Waals surface area contributed by atoms with Gasteiger partial charge < -0.3 is 14.8 Å². The van der Waals surface area contributed by atoms with Gasteiger partial charge in [0.05, 0.1) is 6.54 Å². The molecular formula is C14H13N3O4S. The number of ether oxygens (including phenoxy) is 2. The summed E-state index contributed by atoms with van der Waals surface area (Å²) in [6, 6.07) is 5.21. The summed E-state index contributed by atoms with van der Waals surface area (Å²) in [5.74, 6) is 1.05. The molecular weight excluding hydrogens is 306 g/mol. The van der Waals surface area contributed by atoms with Gasteiger partial charge in [-0.05, 0) is 12.1 Å². The van der Waals surface area contributed by atoms with Gasteiger partial charge in [-0.3, -0.25) is 19.5 Å². The maximum Gasteiger partial charge on any atom is 0.242 e. The van der Waals surface area contributed by atoms with E-state index in [1.165, 1.54) is 11.8 Å². The number of anilines is 1. The van der Waals surface area contributed by atoms with Crippen LogP contribution >= 0.6 is 11.8 Å². The quantitative estimate of drug-likeness (QED) is 0.901. The average Bonchev–Trinajstić information content (AvgIpc) is 3.18. The molecule has 0 saturated carbocycles. The highest BCUT2D eigenvalue weighted by Gasteiger charge is 2.40. The molecule has 1 N–H and O–H groups in total. The molecule has 0 spiro atoms. The lowest BCUT2D eigenvalue weighted by molar-refractivity contribution is -0.127. The Balaban J connectivity index is 1.40. The van der Waals surface area contributed by atoms with Gasteiger partial charge in [0.15, 0.2) is 16.7 Å². The van der Waals surface area contributed by atoms with Gasteiger partial charge in [0.25, 0.3) is 0 Å². The van der Waals surface area contributed by atoms with Gasteiger partial charge in [-0.2, -0.15) is 0 Å². The second-order valence-electron chi connectivity index (χ2n) is 5.08. The fourth-order valence-electron chi connectivity index (χ4n) is 2.57. The highest BCUT2D eigenvalue weighted by Crippen LogP contribution is 2.35. The highest BCUT2D eigenvalue weighted by atomic mass is 32.2. The Labute approximate surface area is 130 Å². The third-order valence-electron chi connectivity index (χ3n) is 3.62. The Morgan fingerprint density at radius 2 is 2.27 bits per heavy atom. The lowest BCUT2D eigenvalue weighted by Crippen LogP contribution is -2.32. The first kappa shape index (κ1) is 13.4. The van der Waals surface area contributed by atoms with Gasteiger partial charge in [-0.25, -0.2) is 0 Å². The van der Waals surface area contributed by atoms with Crippen LogP contribution in [0.3, 0.4) is 0 Å². The first-order chi connectivity index (χ1) is 10.7. The molecule has 0 aliphatic carbocycles. The van der Waals surface area contributed by atoms with Crippen molar-refractivity contribution in [2.24, 2.45) is 4.99 Å². The Morgan fingerprint density at radius 3 is 3.14 bits per heavy atom. The Kier molecular flexibility index (Phi) is 3.18. The van der Waals surface area contributed by atoms with Gasteiger partial charge in [0.1, 0.15) is 5.25 Å². The lowest BCUT2D eigenvalue weighted by Gasteiger charge is -2.10. The molecule has 1 aromatic carbocycles. The minimum absolute atomic E-state index is 0.0258. The van der Waals surface area contributed by atoms with Gasteiger partial charge in [0, 0.05) is 24.7 Å². The van der Waals surface area contributed by atoms with Crippen molar-refractivity contribution in [2.45, 2.75) is 11.7 Å². The monoisotopic (exact) mass is 319 g/mol. The first-order valence-electron chi connectivity index (χ1n) is 6.93.